The molecule has 2 aromatic rings. The third-order valence-electron chi connectivity index (χ3n) is 6.16. The van der Waals surface area contributed by atoms with E-state index in [-0.39, 0.29) is 0 Å². The van der Waals surface area contributed by atoms with Crippen LogP contribution in [0.5, 0.6) is 11.5 Å². The molecule has 0 heterocycles. The number of rotatable bonds is 16. The fourth-order valence-corrected chi connectivity index (χ4v) is 4.28. The van der Waals surface area contributed by atoms with E-state index in [0.29, 0.717) is 6.42 Å². The summed E-state index contributed by atoms with van der Waals surface area (Å²) >= 11 is 0. The molecule has 1 N–H and O–H groups in total. The second kappa shape index (κ2) is 15.2. The number of carboxylic acids is 1. The standard InChI is InChI=1S/C29H40O4/c1-4-27(23-15-19-25(32-2)20-16-23)28(24-17-21-26(33-3)22-18-24)13-11-9-7-5-6-8-10-12-14-29(30)31/h15-22H,4-14H2,1-3H3,(H,30,31). The molecule has 0 saturated carbocycles. The summed E-state index contributed by atoms with van der Waals surface area (Å²) in [4.78, 5) is 10.6. The number of carbonyl (C=O) groups is 1. The number of ether oxygens (including phenoxy) is 2. The molecule has 0 saturated heterocycles. The van der Waals surface area contributed by atoms with Crippen LogP contribution in [0.15, 0.2) is 48.5 Å². The highest BCUT2D eigenvalue weighted by Gasteiger charge is 2.11. The lowest BCUT2D eigenvalue weighted by molar-refractivity contribution is -0.137. The van der Waals surface area contributed by atoms with E-state index < -0.39 is 5.97 Å². The molecule has 4 nitrogen and oxygen atoms in total. The minimum Gasteiger partial charge on any atom is -0.497 e. The van der Waals surface area contributed by atoms with Gasteiger partial charge in [-0.05, 0) is 72.2 Å². The molecular formula is C29H40O4. The highest BCUT2D eigenvalue weighted by atomic mass is 16.5. The van der Waals surface area contributed by atoms with Crippen LogP contribution < -0.4 is 9.47 Å². The molecule has 0 aliphatic heterocycles. The summed E-state index contributed by atoms with van der Waals surface area (Å²) in [6.45, 7) is 2.23. The molecule has 0 unspecified atom stereocenters. The number of allylic oxidation sites excluding steroid dienone is 2. The van der Waals surface area contributed by atoms with Crippen LogP contribution in [0.1, 0.15) is 88.7 Å². The highest BCUT2D eigenvalue weighted by Crippen LogP contribution is 2.34. The summed E-state index contributed by atoms with van der Waals surface area (Å²) in [6.07, 6.45) is 11.4. The molecule has 0 amide bonds. The Hall–Kier alpha value is -2.75. The quantitative estimate of drug-likeness (QED) is 0.207. The van der Waals surface area contributed by atoms with Crippen molar-refractivity contribution in [2.75, 3.05) is 14.2 Å². The van der Waals surface area contributed by atoms with Gasteiger partial charge in [0.1, 0.15) is 11.5 Å². The number of hydrogen-bond donors (Lipinski definition) is 1. The van der Waals surface area contributed by atoms with E-state index in [1.54, 1.807) is 14.2 Å². The Labute approximate surface area is 199 Å². The largest absolute Gasteiger partial charge is 0.497 e. The van der Waals surface area contributed by atoms with Gasteiger partial charge in [-0.15, -0.1) is 0 Å². The van der Waals surface area contributed by atoms with Gasteiger partial charge in [0.05, 0.1) is 14.2 Å². The third kappa shape index (κ3) is 9.33. The number of unbranched alkanes of at least 4 members (excludes halogenated alkanes) is 7. The monoisotopic (exact) mass is 452 g/mol. The van der Waals surface area contributed by atoms with Crippen molar-refractivity contribution in [3.63, 3.8) is 0 Å². The van der Waals surface area contributed by atoms with E-state index in [1.807, 2.05) is 24.3 Å². The van der Waals surface area contributed by atoms with Gasteiger partial charge >= 0.3 is 5.97 Å². The molecule has 0 fully saturated rings. The maximum atomic E-state index is 10.6. The number of hydrogen-bond acceptors (Lipinski definition) is 3. The van der Waals surface area contributed by atoms with Crippen molar-refractivity contribution in [3.05, 3.63) is 59.7 Å². The molecule has 0 atom stereocenters. The minimum absolute atomic E-state index is 0.300. The van der Waals surface area contributed by atoms with E-state index in [2.05, 4.69) is 31.2 Å². The van der Waals surface area contributed by atoms with Crippen LogP contribution in [0, 0.1) is 0 Å². The molecular weight excluding hydrogens is 412 g/mol. The number of carboxylic acid groups (broad SMARTS) is 1. The lowest BCUT2D eigenvalue weighted by atomic mass is 9.89. The van der Waals surface area contributed by atoms with Crippen molar-refractivity contribution in [1.82, 2.24) is 0 Å². The molecule has 33 heavy (non-hydrogen) atoms. The normalized spacial score (nSPS) is 11.7. The van der Waals surface area contributed by atoms with Crippen molar-refractivity contribution < 1.29 is 19.4 Å². The Bertz CT molecular complexity index is 850. The van der Waals surface area contributed by atoms with Crippen LogP contribution in [0.3, 0.4) is 0 Å². The zero-order chi connectivity index (χ0) is 23.9. The number of aliphatic carboxylic acids is 1. The maximum Gasteiger partial charge on any atom is 0.303 e. The second-order valence-corrected chi connectivity index (χ2v) is 8.49. The Morgan fingerprint density at radius 2 is 1.03 bits per heavy atom. The average Bonchev–Trinajstić information content (AvgIpc) is 2.84. The maximum absolute atomic E-state index is 10.6. The predicted molar refractivity (Wildman–Crippen MR) is 137 cm³/mol. The predicted octanol–water partition coefficient (Wildman–Crippen LogP) is 8.01. The molecule has 0 aliphatic carbocycles. The fraction of sp³-hybridized carbons (Fsp3) is 0.483. The van der Waals surface area contributed by atoms with Crippen LogP contribution in [-0.4, -0.2) is 25.3 Å². The Morgan fingerprint density at radius 1 is 0.636 bits per heavy atom. The van der Waals surface area contributed by atoms with Gasteiger partial charge in [-0.25, -0.2) is 0 Å². The zero-order valence-corrected chi connectivity index (χ0v) is 20.6. The number of benzene rings is 2. The Kier molecular flexibility index (Phi) is 12.2. The van der Waals surface area contributed by atoms with E-state index in [4.69, 9.17) is 14.6 Å². The molecule has 0 spiro atoms. The van der Waals surface area contributed by atoms with E-state index in [0.717, 1.165) is 43.6 Å². The minimum atomic E-state index is -0.684. The van der Waals surface area contributed by atoms with Crippen molar-refractivity contribution in [3.8, 4) is 11.5 Å². The smallest absolute Gasteiger partial charge is 0.303 e. The lowest BCUT2D eigenvalue weighted by Crippen LogP contribution is -1.95. The zero-order valence-electron chi connectivity index (χ0n) is 20.6. The summed E-state index contributed by atoms with van der Waals surface area (Å²) in [5.41, 5.74) is 5.33. The van der Waals surface area contributed by atoms with Crippen molar-refractivity contribution in [1.29, 1.82) is 0 Å². The first-order valence-electron chi connectivity index (χ1n) is 12.3. The van der Waals surface area contributed by atoms with Gasteiger partial charge in [0.25, 0.3) is 0 Å². The molecule has 0 bridgehead atoms. The van der Waals surface area contributed by atoms with Gasteiger partial charge in [0.2, 0.25) is 0 Å². The summed E-state index contributed by atoms with van der Waals surface area (Å²) < 4.78 is 10.7. The second-order valence-electron chi connectivity index (χ2n) is 8.49. The molecule has 2 rings (SSSR count). The molecule has 180 valence electrons. The van der Waals surface area contributed by atoms with Gasteiger partial charge in [0, 0.05) is 6.42 Å². The van der Waals surface area contributed by atoms with Gasteiger partial charge in [-0.2, -0.15) is 0 Å². The first-order valence-corrected chi connectivity index (χ1v) is 12.3. The lowest BCUT2D eigenvalue weighted by Gasteiger charge is -2.17. The van der Waals surface area contributed by atoms with Crippen LogP contribution >= 0.6 is 0 Å². The molecule has 0 radical (unpaired) electrons. The van der Waals surface area contributed by atoms with Crippen molar-refractivity contribution >= 4 is 17.1 Å². The Morgan fingerprint density at radius 3 is 1.42 bits per heavy atom. The summed E-state index contributed by atoms with van der Waals surface area (Å²) in [5.74, 6) is 1.07. The van der Waals surface area contributed by atoms with Crippen LogP contribution in [0.4, 0.5) is 0 Å². The summed E-state index contributed by atoms with van der Waals surface area (Å²) in [5, 5.41) is 8.70. The van der Waals surface area contributed by atoms with Crippen molar-refractivity contribution in [2.24, 2.45) is 0 Å². The van der Waals surface area contributed by atoms with Gasteiger partial charge in [0.15, 0.2) is 0 Å². The number of methoxy groups -OCH3 is 2. The topological polar surface area (TPSA) is 55.8 Å². The van der Waals surface area contributed by atoms with Gasteiger partial charge < -0.3 is 14.6 Å². The SMILES string of the molecule is CCC(=C(CCCCCCCCCCC(=O)O)c1ccc(OC)cc1)c1ccc(OC)cc1. The van der Waals surface area contributed by atoms with Crippen LogP contribution in [0.25, 0.3) is 11.1 Å². The van der Waals surface area contributed by atoms with Gasteiger partial charge in [-0.1, -0.05) is 69.7 Å². The third-order valence-corrected chi connectivity index (χ3v) is 6.16. The average molecular weight is 453 g/mol. The van der Waals surface area contributed by atoms with Crippen LogP contribution in [-0.2, 0) is 4.79 Å². The molecule has 0 aliphatic rings. The van der Waals surface area contributed by atoms with E-state index in [9.17, 15) is 4.79 Å². The van der Waals surface area contributed by atoms with E-state index >= 15 is 0 Å². The van der Waals surface area contributed by atoms with E-state index in [1.165, 1.54) is 54.4 Å². The summed E-state index contributed by atoms with van der Waals surface area (Å²) in [6, 6.07) is 16.8. The molecule has 2 aromatic carbocycles. The van der Waals surface area contributed by atoms with Crippen LogP contribution in [0.2, 0.25) is 0 Å². The molecule has 4 heteroatoms. The first-order chi connectivity index (χ1) is 16.1. The molecule has 0 aromatic heterocycles. The van der Waals surface area contributed by atoms with Crippen molar-refractivity contribution in [2.45, 2.75) is 77.6 Å². The summed E-state index contributed by atoms with van der Waals surface area (Å²) in [7, 11) is 3.40. The first kappa shape index (κ1) is 26.5. The van der Waals surface area contributed by atoms with Gasteiger partial charge in [-0.3, -0.25) is 4.79 Å². The highest BCUT2D eigenvalue weighted by molar-refractivity contribution is 5.91. The Balaban J connectivity index is 1.99. The fourth-order valence-electron chi connectivity index (χ4n) is 4.28.